The molecule has 4 nitrogen and oxygen atoms in total. The third kappa shape index (κ3) is 3.34. The Morgan fingerprint density at radius 1 is 1.55 bits per heavy atom. The van der Waals surface area contributed by atoms with E-state index in [1.165, 1.54) is 21.1 Å². The van der Waals surface area contributed by atoms with E-state index in [1.54, 1.807) is 0 Å². The van der Waals surface area contributed by atoms with Crippen LogP contribution in [0.3, 0.4) is 0 Å². The molecule has 0 aromatic heterocycles. The minimum absolute atomic E-state index is 0.246. The van der Waals surface area contributed by atoms with E-state index in [1.807, 2.05) is 0 Å². The Morgan fingerprint density at radius 3 is 2.45 bits per heavy atom. The number of hydrogen-bond donors (Lipinski definition) is 1. The van der Waals surface area contributed by atoms with E-state index in [9.17, 15) is 9.90 Å². The summed E-state index contributed by atoms with van der Waals surface area (Å²) < 4.78 is 9.07. The molecule has 0 aromatic carbocycles. The molecule has 11 heavy (non-hydrogen) atoms. The molecule has 0 heterocycles. The highest BCUT2D eigenvalue weighted by Crippen LogP contribution is 2.10. The van der Waals surface area contributed by atoms with E-state index in [-0.39, 0.29) is 6.42 Å². The van der Waals surface area contributed by atoms with Crippen molar-refractivity contribution < 1.29 is 19.4 Å². The zero-order chi connectivity index (χ0) is 8.91. The van der Waals surface area contributed by atoms with Gasteiger partial charge in [0.05, 0.1) is 7.11 Å². The highest BCUT2D eigenvalue weighted by atomic mass is 16.5. The Morgan fingerprint density at radius 2 is 2.09 bits per heavy atom. The monoisotopic (exact) mass is 162 g/mol. The molecule has 0 rings (SSSR count). The van der Waals surface area contributed by atoms with Crippen LogP contribution >= 0.6 is 0 Å². The lowest BCUT2D eigenvalue weighted by atomic mass is 10.0. The summed E-state index contributed by atoms with van der Waals surface area (Å²) in [6.07, 6.45) is 0.246. The molecule has 66 valence electrons. The molecule has 0 bridgehead atoms. The summed E-state index contributed by atoms with van der Waals surface area (Å²) in [5.41, 5.74) is -1.43. The van der Waals surface area contributed by atoms with Gasteiger partial charge in [0.1, 0.15) is 0 Å². The lowest BCUT2D eigenvalue weighted by molar-refractivity contribution is -0.162. The van der Waals surface area contributed by atoms with Gasteiger partial charge in [0.25, 0.3) is 0 Å². The number of carbonyl (C=O) groups excluding carboxylic acids is 1. The Hall–Kier alpha value is -0.610. The van der Waals surface area contributed by atoms with Crippen molar-refractivity contribution in [2.24, 2.45) is 0 Å². The van der Waals surface area contributed by atoms with E-state index in [0.29, 0.717) is 6.61 Å². The predicted octanol–water partition coefficient (Wildman–Crippen LogP) is -0.0531. The van der Waals surface area contributed by atoms with Crippen LogP contribution in [0.4, 0.5) is 0 Å². The Balaban J connectivity index is 3.88. The minimum Gasteiger partial charge on any atom is -0.467 e. The van der Waals surface area contributed by atoms with E-state index < -0.39 is 11.6 Å². The molecule has 1 unspecified atom stereocenters. The molecule has 0 aliphatic carbocycles. The van der Waals surface area contributed by atoms with Crippen LogP contribution in [0.25, 0.3) is 0 Å². The molecule has 0 saturated carbocycles. The van der Waals surface area contributed by atoms with Gasteiger partial charge in [-0.2, -0.15) is 0 Å². The fourth-order valence-corrected chi connectivity index (χ4v) is 0.623. The molecule has 1 N–H and O–H groups in total. The second-order valence-electron chi connectivity index (χ2n) is 2.51. The second kappa shape index (κ2) is 4.31. The van der Waals surface area contributed by atoms with E-state index in [0.717, 1.165) is 0 Å². The number of rotatable bonds is 4. The average Bonchev–Trinajstić information content (AvgIpc) is 1.99. The molecular weight excluding hydrogens is 148 g/mol. The van der Waals surface area contributed by atoms with Crippen LogP contribution in [-0.4, -0.2) is 37.5 Å². The smallest absolute Gasteiger partial charge is 0.337 e. The van der Waals surface area contributed by atoms with Crippen molar-refractivity contribution in [2.45, 2.75) is 18.9 Å². The molecule has 0 saturated heterocycles. The van der Waals surface area contributed by atoms with Gasteiger partial charge in [0.15, 0.2) is 5.60 Å². The molecule has 0 aromatic rings. The van der Waals surface area contributed by atoms with Crippen molar-refractivity contribution in [2.75, 3.05) is 20.8 Å². The molecule has 0 radical (unpaired) electrons. The molecule has 0 aliphatic rings. The average molecular weight is 162 g/mol. The zero-order valence-electron chi connectivity index (χ0n) is 7.09. The first-order valence-corrected chi connectivity index (χ1v) is 3.34. The van der Waals surface area contributed by atoms with Gasteiger partial charge in [-0.05, 0) is 6.92 Å². The maximum absolute atomic E-state index is 10.8. The van der Waals surface area contributed by atoms with Gasteiger partial charge in [-0.25, -0.2) is 4.79 Å². The van der Waals surface area contributed by atoms with Gasteiger partial charge in [0.2, 0.25) is 0 Å². The van der Waals surface area contributed by atoms with Gasteiger partial charge >= 0.3 is 5.97 Å². The largest absolute Gasteiger partial charge is 0.467 e. The fraction of sp³-hybridized carbons (Fsp3) is 0.857. The first-order valence-electron chi connectivity index (χ1n) is 3.34. The van der Waals surface area contributed by atoms with E-state index in [2.05, 4.69) is 4.74 Å². The highest BCUT2D eigenvalue weighted by Gasteiger charge is 2.30. The Bertz CT molecular complexity index is 130. The van der Waals surface area contributed by atoms with Gasteiger partial charge in [-0.1, -0.05) is 0 Å². The lowest BCUT2D eigenvalue weighted by Gasteiger charge is -2.18. The first-order chi connectivity index (χ1) is 5.04. The van der Waals surface area contributed by atoms with Crippen molar-refractivity contribution in [1.82, 2.24) is 0 Å². The quantitative estimate of drug-likeness (QED) is 0.589. The van der Waals surface area contributed by atoms with Gasteiger partial charge in [-0.15, -0.1) is 0 Å². The maximum Gasteiger partial charge on any atom is 0.337 e. The van der Waals surface area contributed by atoms with Crippen LogP contribution in [0.15, 0.2) is 0 Å². The van der Waals surface area contributed by atoms with Crippen molar-refractivity contribution >= 4 is 5.97 Å². The minimum atomic E-state index is -1.43. The van der Waals surface area contributed by atoms with Crippen LogP contribution in [0.2, 0.25) is 0 Å². The fourth-order valence-electron chi connectivity index (χ4n) is 0.623. The third-order valence-electron chi connectivity index (χ3n) is 1.42. The van der Waals surface area contributed by atoms with Gasteiger partial charge < -0.3 is 14.6 Å². The highest BCUT2D eigenvalue weighted by molar-refractivity contribution is 5.78. The van der Waals surface area contributed by atoms with Crippen LogP contribution < -0.4 is 0 Å². The number of ether oxygens (including phenoxy) is 2. The van der Waals surface area contributed by atoms with Crippen LogP contribution in [0.1, 0.15) is 13.3 Å². The summed E-state index contributed by atoms with van der Waals surface area (Å²) in [7, 11) is 2.75. The summed E-state index contributed by atoms with van der Waals surface area (Å²) in [6, 6.07) is 0. The molecule has 1 atom stereocenters. The first kappa shape index (κ1) is 10.4. The topological polar surface area (TPSA) is 55.8 Å². The summed E-state index contributed by atoms with van der Waals surface area (Å²) >= 11 is 0. The van der Waals surface area contributed by atoms with Crippen molar-refractivity contribution in [3.8, 4) is 0 Å². The predicted molar refractivity (Wildman–Crippen MR) is 39.1 cm³/mol. The number of hydrogen-bond acceptors (Lipinski definition) is 4. The Labute approximate surface area is 66.1 Å². The molecule has 0 amide bonds. The number of aliphatic hydroxyl groups is 1. The van der Waals surface area contributed by atoms with Crippen LogP contribution in [-0.2, 0) is 14.3 Å². The lowest BCUT2D eigenvalue weighted by Crippen LogP contribution is -2.37. The molecule has 0 spiro atoms. The molecule has 0 fully saturated rings. The number of esters is 1. The van der Waals surface area contributed by atoms with Gasteiger partial charge in [-0.3, -0.25) is 0 Å². The second-order valence-corrected chi connectivity index (χ2v) is 2.51. The van der Waals surface area contributed by atoms with Crippen LogP contribution in [0.5, 0.6) is 0 Å². The standard InChI is InChI=1S/C7H14O4/c1-7(9,4-5-10-2)6(8)11-3/h9H,4-5H2,1-3H3. The van der Waals surface area contributed by atoms with Crippen molar-refractivity contribution in [3.05, 3.63) is 0 Å². The van der Waals surface area contributed by atoms with E-state index >= 15 is 0 Å². The molecular formula is C7H14O4. The SMILES string of the molecule is COCCC(C)(O)C(=O)OC. The maximum atomic E-state index is 10.8. The number of carbonyl (C=O) groups is 1. The van der Waals surface area contributed by atoms with Crippen LogP contribution in [0, 0.1) is 0 Å². The van der Waals surface area contributed by atoms with E-state index in [4.69, 9.17) is 4.74 Å². The van der Waals surface area contributed by atoms with Crippen molar-refractivity contribution in [3.63, 3.8) is 0 Å². The molecule has 0 aliphatic heterocycles. The summed E-state index contributed by atoms with van der Waals surface area (Å²) in [6.45, 7) is 1.74. The van der Waals surface area contributed by atoms with Gasteiger partial charge in [0, 0.05) is 20.1 Å². The molecule has 4 heteroatoms. The normalized spacial score (nSPS) is 15.6. The Kier molecular flexibility index (Phi) is 4.07. The zero-order valence-corrected chi connectivity index (χ0v) is 7.09. The summed E-state index contributed by atoms with van der Waals surface area (Å²) in [4.78, 5) is 10.8. The van der Waals surface area contributed by atoms with Crippen molar-refractivity contribution in [1.29, 1.82) is 0 Å². The number of methoxy groups -OCH3 is 2. The third-order valence-corrected chi connectivity index (χ3v) is 1.42. The summed E-state index contributed by atoms with van der Waals surface area (Å²) in [5.74, 6) is -0.630. The summed E-state index contributed by atoms with van der Waals surface area (Å²) in [5, 5.41) is 9.36.